The normalized spacial score (nSPS) is 24.7. The van der Waals surface area contributed by atoms with Gasteiger partial charge in [-0.25, -0.2) is 0 Å². The van der Waals surface area contributed by atoms with Gasteiger partial charge in [-0.15, -0.1) is 0 Å². The first-order valence-electron chi connectivity index (χ1n) is 9.41. The van der Waals surface area contributed by atoms with Crippen LogP contribution in [-0.2, 0) is 11.8 Å². The Hall–Kier alpha value is -1.44. The van der Waals surface area contributed by atoms with Crippen molar-refractivity contribution in [3.8, 4) is 0 Å². The highest BCUT2D eigenvalue weighted by molar-refractivity contribution is 5.65. The van der Waals surface area contributed by atoms with Crippen molar-refractivity contribution in [3.05, 3.63) is 41.7 Å². The second kappa shape index (κ2) is 6.22. The molecule has 126 valence electrons. The number of unbranched alkanes of at least 4 members (excludes halogenated alkanes) is 1. The Morgan fingerprint density at radius 2 is 1.83 bits per heavy atom. The smallest absolute Gasteiger partial charge is 0.108 e. The molecule has 2 aliphatic heterocycles. The number of rotatable bonds is 5. The van der Waals surface area contributed by atoms with E-state index in [1.807, 2.05) is 0 Å². The Morgan fingerprint density at radius 3 is 2.48 bits per heavy atom. The first-order valence-corrected chi connectivity index (χ1v) is 9.41. The lowest BCUT2D eigenvalue weighted by molar-refractivity contribution is 0.147. The molecule has 2 aliphatic rings. The third-order valence-corrected chi connectivity index (χ3v) is 6.44. The van der Waals surface area contributed by atoms with Crippen LogP contribution >= 0.6 is 0 Å². The van der Waals surface area contributed by atoms with E-state index in [1.165, 1.54) is 43.4 Å². The molecule has 0 amide bonds. The topological polar surface area (TPSA) is 6.48 Å². The highest BCUT2D eigenvalue weighted by Crippen LogP contribution is 2.52. The number of nitrogens with zero attached hydrogens (tertiary/aromatic N) is 2. The van der Waals surface area contributed by atoms with Gasteiger partial charge in [0, 0.05) is 36.5 Å². The van der Waals surface area contributed by atoms with Gasteiger partial charge in [0.05, 0.1) is 0 Å². The lowest BCUT2D eigenvalue weighted by Crippen LogP contribution is -2.54. The Balaban J connectivity index is 2.11. The SMILES string of the molecule is CCCCc1ccc2c(c1)N1C=CN(C)C1C(C)C2(CC)CC. The summed E-state index contributed by atoms with van der Waals surface area (Å²) in [6.45, 7) is 9.45. The Labute approximate surface area is 142 Å². The molecule has 2 heteroatoms. The van der Waals surface area contributed by atoms with E-state index >= 15 is 0 Å². The van der Waals surface area contributed by atoms with E-state index in [2.05, 4.69) is 75.1 Å². The summed E-state index contributed by atoms with van der Waals surface area (Å²) in [4.78, 5) is 4.91. The van der Waals surface area contributed by atoms with Crippen molar-refractivity contribution in [3.63, 3.8) is 0 Å². The highest BCUT2D eigenvalue weighted by atomic mass is 15.4. The van der Waals surface area contributed by atoms with Crippen molar-refractivity contribution in [1.29, 1.82) is 0 Å². The maximum Gasteiger partial charge on any atom is 0.108 e. The Morgan fingerprint density at radius 1 is 1.09 bits per heavy atom. The third-order valence-electron chi connectivity index (χ3n) is 6.44. The van der Waals surface area contributed by atoms with Gasteiger partial charge in [-0.3, -0.25) is 0 Å². The van der Waals surface area contributed by atoms with Gasteiger partial charge in [0.15, 0.2) is 0 Å². The third kappa shape index (κ3) is 2.38. The number of hydrogen-bond acceptors (Lipinski definition) is 2. The van der Waals surface area contributed by atoms with Crippen LogP contribution in [0.3, 0.4) is 0 Å². The van der Waals surface area contributed by atoms with Gasteiger partial charge >= 0.3 is 0 Å². The molecule has 0 spiro atoms. The minimum Gasteiger partial charge on any atom is -0.358 e. The van der Waals surface area contributed by atoms with Gasteiger partial charge in [-0.2, -0.15) is 0 Å². The molecule has 0 saturated carbocycles. The summed E-state index contributed by atoms with van der Waals surface area (Å²) in [7, 11) is 2.22. The fraction of sp³-hybridized carbons (Fsp3) is 0.619. The number of benzene rings is 1. The van der Waals surface area contributed by atoms with Crippen molar-refractivity contribution in [2.45, 2.75) is 71.4 Å². The fourth-order valence-electron chi connectivity index (χ4n) is 4.92. The van der Waals surface area contributed by atoms with Crippen molar-refractivity contribution < 1.29 is 0 Å². The highest BCUT2D eigenvalue weighted by Gasteiger charge is 2.49. The molecule has 0 aliphatic carbocycles. The van der Waals surface area contributed by atoms with E-state index in [4.69, 9.17) is 0 Å². The second-order valence-corrected chi connectivity index (χ2v) is 7.39. The van der Waals surface area contributed by atoms with Crippen LogP contribution in [0.1, 0.15) is 64.5 Å². The van der Waals surface area contributed by atoms with E-state index < -0.39 is 0 Å². The Kier molecular flexibility index (Phi) is 4.44. The second-order valence-electron chi connectivity index (χ2n) is 7.39. The molecule has 0 radical (unpaired) electrons. The minimum atomic E-state index is 0.292. The zero-order valence-electron chi connectivity index (χ0n) is 15.5. The van der Waals surface area contributed by atoms with Gasteiger partial charge in [0.2, 0.25) is 0 Å². The van der Waals surface area contributed by atoms with Crippen molar-refractivity contribution >= 4 is 5.69 Å². The van der Waals surface area contributed by atoms with Crippen molar-refractivity contribution in [2.75, 3.05) is 11.9 Å². The molecular formula is C21H32N2. The first kappa shape index (κ1) is 16.4. The zero-order chi connectivity index (χ0) is 16.6. The molecule has 1 aromatic carbocycles. The van der Waals surface area contributed by atoms with Gasteiger partial charge in [0.25, 0.3) is 0 Å². The molecule has 0 bridgehead atoms. The maximum atomic E-state index is 2.51. The van der Waals surface area contributed by atoms with E-state index in [0.717, 1.165) is 0 Å². The molecule has 2 heterocycles. The standard InChI is InChI=1S/C21H32N2/c1-6-9-10-17-11-12-18-19(15-17)23-14-13-22(5)20(23)16(4)21(18,7-2)8-3/h11-16,20H,6-10H2,1-5H3. The fourth-order valence-corrected chi connectivity index (χ4v) is 4.92. The number of anilines is 1. The molecule has 0 fully saturated rings. The van der Waals surface area contributed by atoms with Crippen LogP contribution in [-0.4, -0.2) is 18.1 Å². The summed E-state index contributed by atoms with van der Waals surface area (Å²) >= 11 is 0. The average Bonchev–Trinajstić information content (AvgIpc) is 2.96. The summed E-state index contributed by atoms with van der Waals surface area (Å²) in [5.41, 5.74) is 4.79. The number of aryl methyl sites for hydroxylation is 1. The van der Waals surface area contributed by atoms with Crippen LogP contribution in [0.15, 0.2) is 30.6 Å². The molecule has 3 rings (SSSR count). The predicted molar refractivity (Wildman–Crippen MR) is 99.6 cm³/mol. The molecule has 0 saturated heterocycles. The van der Waals surface area contributed by atoms with Gasteiger partial charge in [-0.1, -0.05) is 46.2 Å². The summed E-state index contributed by atoms with van der Waals surface area (Å²) in [6.07, 6.45) is 11.1. The van der Waals surface area contributed by atoms with Crippen LogP contribution in [0.2, 0.25) is 0 Å². The van der Waals surface area contributed by atoms with Crippen LogP contribution in [0.4, 0.5) is 5.69 Å². The molecule has 0 aromatic heterocycles. The molecule has 2 nitrogen and oxygen atoms in total. The minimum absolute atomic E-state index is 0.292. The molecular weight excluding hydrogens is 280 g/mol. The van der Waals surface area contributed by atoms with Crippen molar-refractivity contribution in [1.82, 2.24) is 4.90 Å². The average molecular weight is 313 g/mol. The monoisotopic (exact) mass is 312 g/mol. The lowest BCUT2D eigenvalue weighted by atomic mass is 9.63. The van der Waals surface area contributed by atoms with Gasteiger partial charge < -0.3 is 9.80 Å². The maximum absolute atomic E-state index is 2.51. The van der Waals surface area contributed by atoms with E-state index in [0.29, 0.717) is 17.5 Å². The molecule has 1 aromatic rings. The van der Waals surface area contributed by atoms with Crippen molar-refractivity contribution in [2.24, 2.45) is 5.92 Å². The van der Waals surface area contributed by atoms with E-state index in [1.54, 1.807) is 5.56 Å². The Bertz CT molecular complexity index is 586. The van der Waals surface area contributed by atoms with Gasteiger partial charge in [-0.05, 0) is 42.9 Å². The van der Waals surface area contributed by atoms with E-state index in [9.17, 15) is 0 Å². The van der Waals surface area contributed by atoms with Crippen LogP contribution in [0.25, 0.3) is 0 Å². The number of fused-ring (bicyclic) bond motifs is 3. The van der Waals surface area contributed by atoms with Crippen LogP contribution in [0.5, 0.6) is 0 Å². The largest absolute Gasteiger partial charge is 0.358 e. The zero-order valence-corrected chi connectivity index (χ0v) is 15.5. The van der Waals surface area contributed by atoms with Gasteiger partial charge in [0.1, 0.15) is 6.17 Å². The summed E-state index contributed by atoms with van der Waals surface area (Å²) in [6, 6.07) is 7.28. The van der Waals surface area contributed by atoms with Crippen LogP contribution in [0, 0.1) is 5.92 Å². The molecule has 2 atom stereocenters. The predicted octanol–water partition coefficient (Wildman–Crippen LogP) is 5.29. The summed E-state index contributed by atoms with van der Waals surface area (Å²) < 4.78 is 0. The molecule has 0 N–H and O–H groups in total. The van der Waals surface area contributed by atoms with E-state index in [-0.39, 0.29) is 0 Å². The first-order chi connectivity index (χ1) is 11.1. The molecule has 2 unspecified atom stereocenters. The lowest BCUT2D eigenvalue weighted by Gasteiger charge is -2.52. The summed E-state index contributed by atoms with van der Waals surface area (Å²) in [5, 5.41) is 0. The summed E-state index contributed by atoms with van der Waals surface area (Å²) in [5.74, 6) is 0.617. The quantitative estimate of drug-likeness (QED) is 0.729. The molecule has 23 heavy (non-hydrogen) atoms. The number of hydrogen-bond donors (Lipinski definition) is 0. The van der Waals surface area contributed by atoms with Crippen LogP contribution < -0.4 is 4.90 Å².